The van der Waals surface area contributed by atoms with Crippen LogP contribution in [0, 0.1) is 5.92 Å². The molecule has 2 aliphatic rings. The molecule has 7 nitrogen and oxygen atoms in total. The molecule has 0 saturated carbocycles. The summed E-state index contributed by atoms with van der Waals surface area (Å²) in [5, 5.41) is 23.7. The lowest BCUT2D eigenvalue weighted by molar-refractivity contribution is -0.161. The van der Waals surface area contributed by atoms with Crippen LogP contribution in [0.1, 0.15) is 23.0 Å². The third kappa shape index (κ3) is 3.31. The third-order valence-electron chi connectivity index (χ3n) is 4.30. The number of carbonyl (C=O) groups is 3. The van der Waals surface area contributed by atoms with E-state index >= 15 is 0 Å². The zero-order valence-corrected chi connectivity index (χ0v) is 15.1. The molecule has 3 N–H and O–H groups in total. The van der Waals surface area contributed by atoms with Crippen LogP contribution in [-0.2, 0) is 9.59 Å². The molecule has 3 rings (SSSR count). The number of hydrogen-bond acceptors (Lipinski definition) is 6. The predicted molar refractivity (Wildman–Crippen MR) is 94.2 cm³/mol. The normalized spacial score (nSPS) is 23.3. The smallest absolute Gasteiger partial charge is 0.353 e. The lowest BCUT2D eigenvalue weighted by atomic mass is 9.83. The standard InChI is InChI=1S/C16H18N2O5S2/c1-8(19)12-9-7-11(13(16(22)23)18(9)15(12)21)25-6-4-17-14(20)10-3-2-5-24-10/h2-3,5,8-9,12,19H,4,6-7H2,1H3,(H,17,20)(H,22,23)/t8-,9+,12-/m0/s1. The summed E-state index contributed by atoms with van der Waals surface area (Å²) in [6, 6.07) is 3.26. The number of carbonyl (C=O) groups excluding carboxylic acids is 2. The number of aliphatic hydroxyl groups excluding tert-OH is 1. The molecule has 3 atom stereocenters. The molecule has 0 aliphatic carbocycles. The van der Waals surface area contributed by atoms with Gasteiger partial charge in [-0.25, -0.2) is 4.79 Å². The maximum absolute atomic E-state index is 12.1. The summed E-state index contributed by atoms with van der Waals surface area (Å²) in [6.45, 7) is 1.95. The summed E-state index contributed by atoms with van der Waals surface area (Å²) in [4.78, 5) is 38.0. The summed E-state index contributed by atoms with van der Waals surface area (Å²) in [5.74, 6) is -1.64. The lowest BCUT2D eigenvalue weighted by Crippen LogP contribution is -2.61. The fourth-order valence-electron chi connectivity index (χ4n) is 3.19. The van der Waals surface area contributed by atoms with Crippen molar-refractivity contribution in [1.29, 1.82) is 0 Å². The molecule has 3 heterocycles. The van der Waals surface area contributed by atoms with Gasteiger partial charge in [-0.1, -0.05) is 6.07 Å². The number of hydrogen-bond donors (Lipinski definition) is 3. The average Bonchev–Trinajstić information content (AvgIpc) is 3.17. The SMILES string of the molecule is C[C@H](O)[C@@H]1C(=O)N2C(C(=O)O)=C(SCCNC(=O)c3cccs3)C[C@H]12. The van der Waals surface area contributed by atoms with E-state index in [0.29, 0.717) is 28.5 Å². The fourth-order valence-corrected chi connectivity index (χ4v) is 4.90. The van der Waals surface area contributed by atoms with Crippen molar-refractivity contribution in [3.05, 3.63) is 33.0 Å². The van der Waals surface area contributed by atoms with E-state index in [9.17, 15) is 24.6 Å². The minimum absolute atomic E-state index is 0.0153. The van der Waals surface area contributed by atoms with Crippen molar-refractivity contribution >= 4 is 40.9 Å². The molecule has 0 spiro atoms. The highest BCUT2D eigenvalue weighted by molar-refractivity contribution is 8.03. The number of carboxylic acids is 1. The predicted octanol–water partition coefficient (Wildman–Crippen LogP) is 1.12. The van der Waals surface area contributed by atoms with Gasteiger partial charge in [0.25, 0.3) is 5.91 Å². The van der Waals surface area contributed by atoms with Crippen LogP contribution in [0.4, 0.5) is 0 Å². The Morgan fingerprint density at radius 3 is 2.88 bits per heavy atom. The van der Waals surface area contributed by atoms with E-state index in [1.54, 1.807) is 19.1 Å². The van der Waals surface area contributed by atoms with Crippen molar-refractivity contribution in [2.75, 3.05) is 12.3 Å². The Bertz CT molecular complexity index is 729. The van der Waals surface area contributed by atoms with Gasteiger partial charge in [-0.3, -0.25) is 9.59 Å². The van der Waals surface area contributed by atoms with Gasteiger partial charge in [0.15, 0.2) is 0 Å². The minimum atomic E-state index is -1.13. The first kappa shape index (κ1) is 18.0. The van der Waals surface area contributed by atoms with E-state index in [0.717, 1.165) is 0 Å². The summed E-state index contributed by atoms with van der Waals surface area (Å²) in [7, 11) is 0. The summed E-state index contributed by atoms with van der Waals surface area (Å²) in [6.07, 6.45) is -0.356. The maximum atomic E-state index is 12.1. The molecule has 0 bridgehead atoms. The first-order valence-corrected chi connectivity index (χ1v) is 9.70. The van der Waals surface area contributed by atoms with Gasteiger partial charge in [-0.2, -0.15) is 0 Å². The van der Waals surface area contributed by atoms with Crippen molar-refractivity contribution in [3.63, 3.8) is 0 Å². The number of carboxylic acid groups (broad SMARTS) is 1. The lowest BCUT2D eigenvalue weighted by Gasteiger charge is -2.44. The first-order chi connectivity index (χ1) is 11.9. The Morgan fingerprint density at radius 1 is 1.52 bits per heavy atom. The number of β-lactam (4-membered cyclic amide) rings is 1. The Labute approximate surface area is 152 Å². The summed E-state index contributed by atoms with van der Waals surface area (Å²) < 4.78 is 0. The number of amides is 2. The maximum Gasteiger partial charge on any atom is 0.353 e. The van der Waals surface area contributed by atoms with E-state index in [4.69, 9.17) is 0 Å². The van der Waals surface area contributed by atoms with Gasteiger partial charge >= 0.3 is 5.97 Å². The van der Waals surface area contributed by atoms with Gasteiger partial charge in [0.2, 0.25) is 5.91 Å². The van der Waals surface area contributed by atoms with E-state index in [1.807, 2.05) is 5.38 Å². The molecule has 1 saturated heterocycles. The van der Waals surface area contributed by atoms with Gasteiger partial charge in [0.05, 0.1) is 22.9 Å². The van der Waals surface area contributed by atoms with Gasteiger partial charge in [-0.05, 0) is 18.4 Å². The number of aliphatic hydroxyl groups is 1. The zero-order chi connectivity index (χ0) is 18.1. The molecule has 1 aromatic rings. The number of nitrogens with one attached hydrogen (secondary N) is 1. The molecule has 1 aromatic heterocycles. The Morgan fingerprint density at radius 2 is 2.28 bits per heavy atom. The number of thioether (sulfide) groups is 1. The summed E-state index contributed by atoms with van der Waals surface area (Å²) in [5.41, 5.74) is 0.0153. The van der Waals surface area contributed by atoms with Crippen molar-refractivity contribution in [2.24, 2.45) is 5.92 Å². The van der Waals surface area contributed by atoms with Crippen LogP contribution in [0.2, 0.25) is 0 Å². The topological polar surface area (TPSA) is 107 Å². The first-order valence-electron chi connectivity index (χ1n) is 7.84. The number of fused-ring (bicyclic) bond motifs is 1. The molecule has 134 valence electrons. The van der Waals surface area contributed by atoms with Gasteiger partial charge in [0.1, 0.15) is 5.70 Å². The second-order valence-electron chi connectivity index (χ2n) is 5.90. The quantitative estimate of drug-likeness (QED) is 0.482. The van der Waals surface area contributed by atoms with Crippen LogP contribution in [0.3, 0.4) is 0 Å². The molecule has 9 heteroatoms. The van der Waals surface area contributed by atoms with Crippen molar-refractivity contribution < 1.29 is 24.6 Å². The van der Waals surface area contributed by atoms with E-state index in [2.05, 4.69) is 5.32 Å². The second-order valence-corrected chi connectivity index (χ2v) is 8.04. The highest BCUT2D eigenvalue weighted by Gasteiger charge is 2.56. The minimum Gasteiger partial charge on any atom is -0.477 e. The Balaban J connectivity index is 1.57. The van der Waals surface area contributed by atoms with Crippen LogP contribution in [0.15, 0.2) is 28.1 Å². The average molecular weight is 382 g/mol. The van der Waals surface area contributed by atoms with Crippen molar-refractivity contribution in [1.82, 2.24) is 10.2 Å². The van der Waals surface area contributed by atoms with Crippen molar-refractivity contribution in [3.8, 4) is 0 Å². The molecule has 2 aliphatic heterocycles. The monoisotopic (exact) mass is 382 g/mol. The van der Waals surface area contributed by atoms with Crippen LogP contribution in [0.5, 0.6) is 0 Å². The molecule has 1 fully saturated rings. The molecule has 0 unspecified atom stereocenters. The van der Waals surface area contributed by atoms with Crippen LogP contribution >= 0.6 is 23.1 Å². The van der Waals surface area contributed by atoms with E-state index < -0.39 is 18.0 Å². The number of rotatable bonds is 7. The van der Waals surface area contributed by atoms with Crippen LogP contribution in [0.25, 0.3) is 0 Å². The fraction of sp³-hybridized carbons (Fsp3) is 0.438. The highest BCUT2D eigenvalue weighted by atomic mass is 32.2. The zero-order valence-electron chi connectivity index (χ0n) is 13.5. The van der Waals surface area contributed by atoms with Crippen LogP contribution in [-0.4, -0.2) is 57.3 Å². The van der Waals surface area contributed by atoms with Crippen molar-refractivity contribution in [2.45, 2.75) is 25.5 Å². The number of aliphatic carboxylic acids is 1. The molecule has 25 heavy (non-hydrogen) atoms. The molecule has 0 aromatic carbocycles. The Kier molecular flexibility index (Phi) is 5.16. The van der Waals surface area contributed by atoms with Gasteiger partial charge in [-0.15, -0.1) is 23.1 Å². The third-order valence-corrected chi connectivity index (χ3v) is 6.28. The molecular weight excluding hydrogens is 364 g/mol. The Hall–Kier alpha value is -1.84. The second kappa shape index (κ2) is 7.19. The van der Waals surface area contributed by atoms with Gasteiger partial charge < -0.3 is 20.4 Å². The van der Waals surface area contributed by atoms with E-state index in [1.165, 1.54) is 28.0 Å². The summed E-state index contributed by atoms with van der Waals surface area (Å²) >= 11 is 2.69. The van der Waals surface area contributed by atoms with Crippen LogP contribution < -0.4 is 5.32 Å². The van der Waals surface area contributed by atoms with Gasteiger partial charge in [0, 0.05) is 23.6 Å². The molecular formula is C16H18N2O5S2. The molecule has 2 amide bonds. The number of nitrogens with zero attached hydrogens (tertiary/aromatic N) is 1. The highest BCUT2D eigenvalue weighted by Crippen LogP contribution is 2.46. The largest absolute Gasteiger partial charge is 0.477 e. The molecule has 0 radical (unpaired) electrons. The van der Waals surface area contributed by atoms with E-state index in [-0.39, 0.29) is 23.6 Å². The number of thiophene rings is 1.